The fourth-order valence-corrected chi connectivity index (χ4v) is 1.61. The lowest BCUT2D eigenvalue weighted by atomic mass is 10.1. The average molecular weight is 305 g/mol. The molecule has 0 heterocycles. The first-order valence-corrected chi connectivity index (χ1v) is 6.38. The van der Waals surface area contributed by atoms with Crippen LogP contribution in [0.1, 0.15) is 6.42 Å². The van der Waals surface area contributed by atoms with Gasteiger partial charge < -0.3 is 21.0 Å². The number of rotatable bonds is 8. The van der Waals surface area contributed by atoms with Crippen molar-refractivity contribution in [2.75, 3.05) is 19.7 Å². The molecule has 0 aliphatic carbocycles. The lowest BCUT2D eigenvalue weighted by Crippen LogP contribution is -2.43. The quantitative estimate of drug-likeness (QED) is 0.225. The smallest absolute Gasteiger partial charge is 0.400 e. The average Bonchev–Trinajstić information content (AvgIpc) is 2.45. The first-order valence-electron chi connectivity index (χ1n) is 6.38. The number of oxime groups is 1. The van der Waals surface area contributed by atoms with Crippen LogP contribution in [0.15, 0.2) is 35.5 Å². The molecule has 0 radical (unpaired) electrons. The van der Waals surface area contributed by atoms with Crippen molar-refractivity contribution in [3.8, 4) is 5.75 Å². The zero-order chi connectivity index (χ0) is 15.7. The van der Waals surface area contributed by atoms with Gasteiger partial charge in [-0.15, -0.1) is 0 Å². The van der Waals surface area contributed by atoms with Gasteiger partial charge >= 0.3 is 6.18 Å². The van der Waals surface area contributed by atoms with Crippen molar-refractivity contribution in [2.45, 2.75) is 12.6 Å². The number of nitrogens with zero attached hydrogens (tertiary/aromatic N) is 1. The molecule has 5 nitrogen and oxygen atoms in total. The predicted molar refractivity (Wildman–Crippen MR) is 72.4 cm³/mol. The number of hydrogen-bond donors (Lipinski definition) is 3. The number of benzene rings is 1. The Balaban J connectivity index is 2.23. The van der Waals surface area contributed by atoms with Crippen molar-refractivity contribution in [3.63, 3.8) is 0 Å². The van der Waals surface area contributed by atoms with E-state index >= 15 is 0 Å². The third-order valence-corrected chi connectivity index (χ3v) is 2.73. The van der Waals surface area contributed by atoms with Crippen molar-refractivity contribution in [3.05, 3.63) is 30.3 Å². The van der Waals surface area contributed by atoms with E-state index in [1.54, 1.807) is 12.1 Å². The summed E-state index contributed by atoms with van der Waals surface area (Å²) in [6.45, 7) is 0.278. The Morgan fingerprint density at radius 3 is 2.57 bits per heavy atom. The van der Waals surface area contributed by atoms with Crippen molar-refractivity contribution in [2.24, 2.45) is 16.8 Å². The normalized spacial score (nSPS) is 14.0. The number of alkyl halides is 3. The number of amidine groups is 1. The summed E-state index contributed by atoms with van der Waals surface area (Å²) in [5.74, 6) is -2.14. The Labute approximate surface area is 120 Å². The monoisotopic (exact) mass is 305 g/mol. The number of hydrogen-bond acceptors (Lipinski definition) is 4. The van der Waals surface area contributed by atoms with Crippen LogP contribution < -0.4 is 15.8 Å². The van der Waals surface area contributed by atoms with Crippen LogP contribution in [0, 0.1) is 5.92 Å². The summed E-state index contributed by atoms with van der Waals surface area (Å²) >= 11 is 0. The topological polar surface area (TPSA) is 79.9 Å². The Morgan fingerprint density at radius 1 is 1.33 bits per heavy atom. The lowest BCUT2D eigenvalue weighted by Gasteiger charge is -2.19. The van der Waals surface area contributed by atoms with E-state index in [0.717, 1.165) is 0 Å². The molecule has 1 atom stereocenters. The molecule has 0 fully saturated rings. The fourth-order valence-electron chi connectivity index (χ4n) is 1.61. The van der Waals surface area contributed by atoms with Crippen molar-refractivity contribution in [1.82, 2.24) is 5.32 Å². The van der Waals surface area contributed by atoms with Crippen LogP contribution in [0.3, 0.4) is 0 Å². The van der Waals surface area contributed by atoms with Crippen LogP contribution in [0.5, 0.6) is 5.75 Å². The van der Waals surface area contributed by atoms with E-state index in [9.17, 15) is 13.2 Å². The van der Waals surface area contributed by atoms with E-state index in [1.807, 2.05) is 18.2 Å². The lowest BCUT2D eigenvalue weighted by molar-refractivity contribution is -0.154. The van der Waals surface area contributed by atoms with Crippen molar-refractivity contribution < 1.29 is 23.1 Å². The molecular weight excluding hydrogens is 287 g/mol. The van der Waals surface area contributed by atoms with E-state index < -0.39 is 24.5 Å². The van der Waals surface area contributed by atoms with E-state index in [2.05, 4.69) is 10.5 Å². The van der Waals surface area contributed by atoms with Gasteiger partial charge in [-0.2, -0.15) is 13.2 Å². The molecule has 1 aromatic carbocycles. The first-order chi connectivity index (χ1) is 9.95. The van der Waals surface area contributed by atoms with Crippen LogP contribution in [-0.4, -0.2) is 36.9 Å². The van der Waals surface area contributed by atoms with Gasteiger partial charge in [0.05, 0.1) is 6.61 Å². The zero-order valence-corrected chi connectivity index (χ0v) is 11.3. The second-order valence-electron chi connectivity index (χ2n) is 4.34. The molecule has 1 unspecified atom stereocenters. The van der Waals surface area contributed by atoms with Gasteiger partial charge in [0.1, 0.15) is 11.7 Å². The highest BCUT2D eigenvalue weighted by atomic mass is 19.4. The van der Waals surface area contributed by atoms with Gasteiger partial charge in [-0.05, 0) is 25.1 Å². The predicted octanol–water partition coefficient (Wildman–Crippen LogP) is 1.97. The van der Waals surface area contributed by atoms with Crippen molar-refractivity contribution in [1.29, 1.82) is 0 Å². The molecular formula is C13H18F3N3O2. The Bertz CT molecular complexity index is 438. The van der Waals surface area contributed by atoms with Gasteiger partial charge in [0.25, 0.3) is 0 Å². The van der Waals surface area contributed by atoms with Crippen LogP contribution in [0.2, 0.25) is 0 Å². The highest BCUT2D eigenvalue weighted by Gasteiger charge is 2.42. The molecule has 118 valence electrons. The summed E-state index contributed by atoms with van der Waals surface area (Å²) in [6, 6.07) is 9.12. The molecule has 0 bridgehead atoms. The van der Waals surface area contributed by atoms with E-state index in [1.165, 1.54) is 0 Å². The number of nitrogens with one attached hydrogen (secondary N) is 1. The van der Waals surface area contributed by atoms with Crippen LogP contribution >= 0.6 is 0 Å². The molecule has 21 heavy (non-hydrogen) atoms. The maximum absolute atomic E-state index is 12.6. The molecule has 0 saturated carbocycles. The largest absolute Gasteiger partial charge is 0.494 e. The SMILES string of the molecule is N/C(=N/O)C(CNCCCOc1ccccc1)C(F)(F)F. The fraction of sp³-hybridized carbons (Fsp3) is 0.462. The maximum Gasteiger partial charge on any atom is 0.400 e. The van der Waals surface area contributed by atoms with Gasteiger partial charge in [-0.1, -0.05) is 23.4 Å². The number of ether oxygens (including phenoxy) is 1. The zero-order valence-electron chi connectivity index (χ0n) is 11.3. The number of nitrogens with two attached hydrogens (primary N) is 1. The summed E-state index contributed by atoms with van der Waals surface area (Å²) in [6.07, 6.45) is -4.01. The van der Waals surface area contributed by atoms with Crippen LogP contribution in [0.4, 0.5) is 13.2 Å². The summed E-state index contributed by atoms with van der Waals surface area (Å²) in [5.41, 5.74) is 5.04. The standard InChI is InChI=1S/C13H18F3N3O2/c14-13(15,16)11(12(17)19-20)9-18-7-4-8-21-10-5-2-1-3-6-10/h1-3,5-6,11,18,20H,4,7-9H2,(H2,17,19). The van der Waals surface area contributed by atoms with Gasteiger partial charge in [0, 0.05) is 6.54 Å². The van der Waals surface area contributed by atoms with Gasteiger partial charge in [0.2, 0.25) is 0 Å². The van der Waals surface area contributed by atoms with Gasteiger partial charge in [-0.3, -0.25) is 0 Å². The first kappa shape index (κ1) is 17.1. The van der Waals surface area contributed by atoms with Gasteiger partial charge in [-0.25, -0.2) is 0 Å². The molecule has 0 aromatic heterocycles. The maximum atomic E-state index is 12.6. The second kappa shape index (κ2) is 8.35. The summed E-state index contributed by atoms with van der Waals surface area (Å²) < 4.78 is 43.3. The van der Waals surface area contributed by atoms with E-state index in [0.29, 0.717) is 25.3 Å². The molecule has 4 N–H and O–H groups in total. The minimum atomic E-state index is -4.55. The molecule has 0 spiro atoms. The molecule has 1 aromatic rings. The number of halogens is 3. The summed E-state index contributed by atoms with van der Waals surface area (Å²) in [4.78, 5) is 0. The van der Waals surface area contributed by atoms with Crippen molar-refractivity contribution >= 4 is 5.84 Å². The highest BCUT2D eigenvalue weighted by molar-refractivity contribution is 5.83. The van der Waals surface area contributed by atoms with E-state index in [4.69, 9.17) is 15.7 Å². The molecule has 8 heteroatoms. The van der Waals surface area contributed by atoms with Crippen LogP contribution in [-0.2, 0) is 0 Å². The third kappa shape index (κ3) is 6.35. The molecule has 1 rings (SSSR count). The number of para-hydroxylation sites is 1. The minimum absolute atomic E-state index is 0.331. The van der Waals surface area contributed by atoms with Crippen LogP contribution in [0.25, 0.3) is 0 Å². The molecule has 0 amide bonds. The third-order valence-electron chi connectivity index (χ3n) is 2.73. The highest BCUT2D eigenvalue weighted by Crippen LogP contribution is 2.25. The minimum Gasteiger partial charge on any atom is -0.494 e. The van der Waals surface area contributed by atoms with Gasteiger partial charge in [0.15, 0.2) is 5.84 Å². The second-order valence-corrected chi connectivity index (χ2v) is 4.34. The Morgan fingerprint density at radius 2 is 2.00 bits per heavy atom. The Kier molecular flexibility index (Phi) is 6.80. The molecule has 0 aliphatic heterocycles. The van der Waals surface area contributed by atoms with E-state index in [-0.39, 0.29) is 0 Å². The Hall–Kier alpha value is -1.96. The summed E-state index contributed by atoms with van der Waals surface area (Å²) in [5, 5.41) is 13.4. The molecule has 0 saturated heterocycles. The molecule has 0 aliphatic rings. The summed E-state index contributed by atoms with van der Waals surface area (Å²) in [7, 11) is 0.